The third kappa shape index (κ3) is 2.41. The maximum Gasteiger partial charge on any atom is 0.246 e. The number of sulfonamides is 1. The number of H-pyrrole nitrogens is 1. The molecular weight excluding hydrogens is 252 g/mol. The topological polar surface area (TPSA) is 79.0 Å². The van der Waals surface area contributed by atoms with Gasteiger partial charge >= 0.3 is 0 Å². The molecule has 0 saturated heterocycles. The Bertz CT molecular complexity index is 622. The second kappa shape index (κ2) is 4.87. The summed E-state index contributed by atoms with van der Waals surface area (Å²) in [4.78, 5) is 4.16. The lowest BCUT2D eigenvalue weighted by Crippen LogP contribution is -2.26. The second-order valence-electron chi connectivity index (χ2n) is 3.98. The van der Waals surface area contributed by atoms with Crippen molar-refractivity contribution in [3.63, 3.8) is 0 Å². The quantitative estimate of drug-likeness (QED) is 0.893. The summed E-state index contributed by atoms with van der Waals surface area (Å²) in [5.41, 5.74) is 1.37. The molecule has 0 atom stereocenters. The molecule has 0 bridgehead atoms. The van der Waals surface area contributed by atoms with E-state index in [0.29, 0.717) is 5.69 Å². The zero-order chi connectivity index (χ0) is 13.2. The average molecular weight is 266 g/mol. The van der Waals surface area contributed by atoms with E-state index in [0.717, 1.165) is 5.56 Å². The van der Waals surface area contributed by atoms with E-state index in [1.165, 1.54) is 17.5 Å². The minimum absolute atomic E-state index is 0.203. The highest BCUT2D eigenvalue weighted by atomic mass is 32.2. The molecule has 2 aromatic rings. The van der Waals surface area contributed by atoms with Crippen LogP contribution in [0.15, 0.2) is 35.6 Å². The lowest BCUT2D eigenvalue weighted by atomic mass is 10.3. The van der Waals surface area contributed by atoms with E-state index in [2.05, 4.69) is 15.2 Å². The fourth-order valence-corrected chi connectivity index (χ4v) is 2.87. The van der Waals surface area contributed by atoms with Crippen molar-refractivity contribution < 1.29 is 8.42 Å². The molecule has 0 aromatic carbocycles. The van der Waals surface area contributed by atoms with E-state index < -0.39 is 10.0 Å². The number of rotatable bonds is 4. The fraction of sp³-hybridized carbons (Fsp3) is 0.273. The van der Waals surface area contributed by atoms with Crippen LogP contribution >= 0.6 is 0 Å². The largest absolute Gasteiger partial charge is 0.281 e. The highest BCUT2D eigenvalue weighted by molar-refractivity contribution is 7.89. The molecule has 2 heterocycles. The molecule has 0 aliphatic carbocycles. The van der Waals surface area contributed by atoms with Crippen molar-refractivity contribution in [2.24, 2.45) is 0 Å². The molecule has 0 radical (unpaired) electrons. The Balaban J connectivity index is 2.24. The first-order chi connectivity index (χ1) is 8.51. The zero-order valence-corrected chi connectivity index (χ0v) is 11.0. The number of hydrogen-bond acceptors (Lipinski definition) is 4. The normalized spacial score (nSPS) is 11.9. The van der Waals surface area contributed by atoms with Crippen LogP contribution in [-0.4, -0.2) is 35.0 Å². The smallest absolute Gasteiger partial charge is 0.246 e. The van der Waals surface area contributed by atoms with Gasteiger partial charge in [0, 0.05) is 26.0 Å². The summed E-state index contributed by atoms with van der Waals surface area (Å²) in [6, 6.07) is 3.61. The molecule has 96 valence electrons. The Morgan fingerprint density at radius 3 is 2.72 bits per heavy atom. The zero-order valence-electron chi connectivity index (χ0n) is 10.2. The molecule has 7 heteroatoms. The summed E-state index contributed by atoms with van der Waals surface area (Å²) in [7, 11) is -1.98. The second-order valence-corrected chi connectivity index (χ2v) is 5.99. The number of aryl methyl sites for hydroxylation is 1. The lowest BCUT2D eigenvalue weighted by molar-refractivity contribution is 0.466. The molecule has 1 N–H and O–H groups in total. The maximum atomic E-state index is 12.3. The summed E-state index contributed by atoms with van der Waals surface area (Å²) in [6.45, 7) is 1.96. The summed E-state index contributed by atoms with van der Waals surface area (Å²) in [5.74, 6) is 0. The van der Waals surface area contributed by atoms with Gasteiger partial charge in [-0.15, -0.1) is 0 Å². The molecule has 0 aliphatic heterocycles. The predicted octanol–water partition coefficient (Wildman–Crippen LogP) is 0.934. The molecule has 0 amide bonds. The first-order valence-corrected chi connectivity index (χ1v) is 6.81. The number of nitrogens with zero attached hydrogens (tertiary/aromatic N) is 3. The highest BCUT2D eigenvalue weighted by Gasteiger charge is 2.24. The maximum absolute atomic E-state index is 12.3. The monoisotopic (exact) mass is 266 g/mol. The van der Waals surface area contributed by atoms with Crippen LogP contribution in [0, 0.1) is 6.92 Å². The Labute approximate surface area is 106 Å². The van der Waals surface area contributed by atoms with Crippen LogP contribution in [0.25, 0.3) is 0 Å². The number of aromatic amines is 1. The van der Waals surface area contributed by atoms with Gasteiger partial charge in [0.2, 0.25) is 10.0 Å². The summed E-state index contributed by atoms with van der Waals surface area (Å²) in [5, 5.41) is 6.36. The summed E-state index contributed by atoms with van der Waals surface area (Å²) >= 11 is 0. The average Bonchev–Trinajstić information content (AvgIpc) is 2.77. The molecular formula is C11H14N4O2S. The fourth-order valence-electron chi connectivity index (χ4n) is 1.60. The van der Waals surface area contributed by atoms with Gasteiger partial charge < -0.3 is 0 Å². The molecule has 2 aromatic heterocycles. The van der Waals surface area contributed by atoms with Crippen molar-refractivity contribution in [1.29, 1.82) is 0 Å². The molecule has 0 aliphatic rings. The number of hydrogen-bond donors (Lipinski definition) is 1. The van der Waals surface area contributed by atoms with Gasteiger partial charge in [0.1, 0.15) is 4.90 Å². The van der Waals surface area contributed by atoms with E-state index >= 15 is 0 Å². The number of nitrogens with one attached hydrogen (secondary N) is 1. The van der Waals surface area contributed by atoms with Gasteiger partial charge in [0.15, 0.2) is 0 Å². The lowest BCUT2D eigenvalue weighted by Gasteiger charge is -2.16. The van der Waals surface area contributed by atoms with Gasteiger partial charge in [-0.1, -0.05) is 6.07 Å². The van der Waals surface area contributed by atoms with E-state index in [1.807, 2.05) is 6.07 Å². The molecule has 0 fully saturated rings. The van der Waals surface area contributed by atoms with Crippen LogP contribution in [0.2, 0.25) is 0 Å². The molecule has 0 saturated carbocycles. The van der Waals surface area contributed by atoms with Crippen molar-refractivity contribution in [3.05, 3.63) is 42.0 Å². The van der Waals surface area contributed by atoms with Crippen LogP contribution in [0.1, 0.15) is 11.3 Å². The van der Waals surface area contributed by atoms with E-state index in [4.69, 9.17) is 0 Å². The van der Waals surface area contributed by atoms with Gasteiger partial charge in [-0.3, -0.25) is 10.1 Å². The van der Waals surface area contributed by atoms with Crippen LogP contribution in [-0.2, 0) is 16.6 Å². The summed E-state index contributed by atoms with van der Waals surface area (Å²) in [6.07, 6.45) is 4.62. The Hall–Kier alpha value is -1.73. The molecule has 18 heavy (non-hydrogen) atoms. The van der Waals surface area contributed by atoms with Gasteiger partial charge in [-0.2, -0.15) is 9.40 Å². The van der Waals surface area contributed by atoms with Crippen molar-refractivity contribution in [1.82, 2.24) is 19.5 Å². The minimum Gasteiger partial charge on any atom is -0.281 e. The van der Waals surface area contributed by atoms with Crippen LogP contribution in [0.5, 0.6) is 0 Å². The summed E-state index contributed by atoms with van der Waals surface area (Å²) < 4.78 is 25.8. The van der Waals surface area contributed by atoms with Crippen molar-refractivity contribution in [2.75, 3.05) is 7.05 Å². The van der Waals surface area contributed by atoms with Crippen molar-refractivity contribution in [2.45, 2.75) is 18.4 Å². The Morgan fingerprint density at radius 1 is 1.39 bits per heavy atom. The standard InChI is InChI=1S/C11H14N4O2S/c1-9-11(7-13-14-9)18(16,17)15(2)8-10-4-3-5-12-6-10/h3-7H,8H2,1-2H3,(H,13,14). The highest BCUT2D eigenvalue weighted by Crippen LogP contribution is 2.17. The van der Waals surface area contributed by atoms with Crippen LogP contribution < -0.4 is 0 Å². The van der Waals surface area contributed by atoms with E-state index in [-0.39, 0.29) is 11.4 Å². The number of pyridine rings is 1. The van der Waals surface area contributed by atoms with Crippen LogP contribution in [0.3, 0.4) is 0 Å². The van der Waals surface area contributed by atoms with Crippen molar-refractivity contribution >= 4 is 10.0 Å². The Morgan fingerprint density at radius 2 is 2.17 bits per heavy atom. The first-order valence-electron chi connectivity index (χ1n) is 5.37. The third-order valence-corrected chi connectivity index (χ3v) is 4.52. The molecule has 0 spiro atoms. The first kappa shape index (κ1) is 12.7. The number of aromatic nitrogens is 3. The van der Waals surface area contributed by atoms with Gasteiger partial charge in [0.05, 0.1) is 11.9 Å². The van der Waals surface area contributed by atoms with E-state index in [1.54, 1.807) is 25.4 Å². The van der Waals surface area contributed by atoms with Crippen LogP contribution in [0.4, 0.5) is 0 Å². The van der Waals surface area contributed by atoms with Gasteiger partial charge in [-0.25, -0.2) is 8.42 Å². The minimum atomic E-state index is -3.51. The van der Waals surface area contributed by atoms with Gasteiger partial charge in [-0.05, 0) is 18.6 Å². The molecule has 0 unspecified atom stereocenters. The third-order valence-electron chi connectivity index (χ3n) is 2.60. The predicted molar refractivity (Wildman–Crippen MR) is 66.2 cm³/mol. The van der Waals surface area contributed by atoms with Crippen molar-refractivity contribution in [3.8, 4) is 0 Å². The van der Waals surface area contributed by atoms with E-state index in [9.17, 15) is 8.42 Å². The van der Waals surface area contributed by atoms with Gasteiger partial charge in [0.25, 0.3) is 0 Å². The Kier molecular flexibility index (Phi) is 3.44. The molecule has 2 rings (SSSR count). The molecule has 6 nitrogen and oxygen atoms in total. The SMILES string of the molecule is Cc1[nH]ncc1S(=O)(=O)N(C)Cc1cccnc1.